The first-order valence-electron chi connectivity index (χ1n) is 8.44. The van der Waals surface area contributed by atoms with Crippen molar-refractivity contribution in [2.75, 3.05) is 18.8 Å². The van der Waals surface area contributed by atoms with Crippen LogP contribution in [-0.2, 0) is 11.3 Å². The quantitative estimate of drug-likeness (QED) is 0.656. The van der Waals surface area contributed by atoms with Crippen molar-refractivity contribution in [1.29, 1.82) is 0 Å². The van der Waals surface area contributed by atoms with E-state index in [0.717, 1.165) is 11.3 Å². The van der Waals surface area contributed by atoms with Crippen molar-refractivity contribution in [2.24, 2.45) is 0 Å². The van der Waals surface area contributed by atoms with E-state index in [4.69, 9.17) is 4.42 Å². The lowest BCUT2D eigenvalue weighted by atomic mass is 10.2. The minimum absolute atomic E-state index is 0.110. The average Bonchev–Trinajstić information content (AvgIpc) is 3.43. The van der Waals surface area contributed by atoms with Crippen LogP contribution in [0, 0.1) is 0 Å². The zero-order chi connectivity index (χ0) is 18.6. The summed E-state index contributed by atoms with van der Waals surface area (Å²) in [5.41, 5.74) is 0.925. The third-order valence-corrected chi connectivity index (χ3v) is 5.08. The number of carbonyl (C=O) groups is 2. The van der Waals surface area contributed by atoms with Crippen LogP contribution in [0.4, 0.5) is 4.79 Å². The fourth-order valence-corrected chi connectivity index (χ4v) is 3.62. The summed E-state index contributed by atoms with van der Waals surface area (Å²) < 4.78 is 7.37. The summed E-state index contributed by atoms with van der Waals surface area (Å²) in [5, 5.41) is 11.8. The van der Waals surface area contributed by atoms with E-state index in [1.54, 1.807) is 6.26 Å². The molecule has 1 fully saturated rings. The third-order valence-electron chi connectivity index (χ3n) is 4.13. The fourth-order valence-electron chi connectivity index (χ4n) is 2.81. The molecule has 0 bridgehead atoms. The van der Waals surface area contributed by atoms with E-state index in [9.17, 15) is 9.59 Å². The smallest absolute Gasteiger partial charge is 0.324 e. The molecule has 0 saturated carbocycles. The molecule has 138 valence electrons. The van der Waals surface area contributed by atoms with Crippen molar-refractivity contribution in [3.05, 3.63) is 54.5 Å². The molecule has 2 aromatic heterocycles. The van der Waals surface area contributed by atoms with Crippen molar-refractivity contribution >= 4 is 23.7 Å². The summed E-state index contributed by atoms with van der Waals surface area (Å²) in [5.74, 6) is 1.32. The van der Waals surface area contributed by atoms with Gasteiger partial charge in [0, 0.05) is 18.7 Å². The van der Waals surface area contributed by atoms with E-state index in [2.05, 4.69) is 15.5 Å². The molecule has 1 N–H and O–H groups in total. The molecule has 0 atom stereocenters. The van der Waals surface area contributed by atoms with Crippen LogP contribution in [0.1, 0.15) is 5.76 Å². The SMILES string of the molecule is O=C(CSc1nnc(-c2ccccc2)n1Cc1ccco1)N1CCNC1=O. The Morgan fingerprint density at radius 3 is 2.74 bits per heavy atom. The summed E-state index contributed by atoms with van der Waals surface area (Å²) in [7, 11) is 0. The number of urea groups is 1. The molecule has 0 unspecified atom stereocenters. The number of hydrogen-bond acceptors (Lipinski definition) is 6. The van der Waals surface area contributed by atoms with E-state index in [0.29, 0.717) is 30.6 Å². The van der Waals surface area contributed by atoms with Gasteiger partial charge >= 0.3 is 6.03 Å². The molecule has 9 heteroatoms. The first-order valence-corrected chi connectivity index (χ1v) is 9.43. The summed E-state index contributed by atoms with van der Waals surface area (Å²) in [6.45, 7) is 1.33. The molecule has 4 rings (SSSR count). The summed E-state index contributed by atoms with van der Waals surface area (Å²) in [6, 6.07) is 13.1. The van der Waals surface area contributed by atoms with Crippen molar-refractivity contribution in [3.8, 4) is 11.4 Å². The van der Waals surface area contributed by atoms with Crippen molar-refractivity contribution < 1.29 is 14.0 Å². The van der Waals surface area contributed by atoms with Gasteiger partial charge in [0.25, 0.3) is 0 Å². The minimum atomic E-state index is -0.345. The molecule has 27 heavy (non-hydrogen) atoms. The topological polar surface area (TPSA) is 93.3 Å². The van der Waals surface area contributed by atoms with Gasteiger partial charge in [-0.05, 0) is 12.1 Å². The first-order chi connectivity index (χ1) is 13.2. The van der Waals surface area contributed by atoms with Crippen LogP contribution < -0.4 is 5.32 Å². The highest BCUT2D eigenvalue weighted by atomic mass is 32.2. The number of furan rings is 1. The average molecular weight is 383 g/mol. The largest absolute Gasteiger partial charge is 0.467 e. The maximum absolute atomic E-state index is 12.3. The Bertz CT molecular complexity index is 939. The van der Waals surface area contributed by atoms with E-state index < -0.39 is 0 Å². The van der Waals surface area contributed by atoms with Gasteiger partial charge in [-0.3, -0.25) is 14.3 Å². The Kier molecular flexibility index (Phi) is 4.93. The number of carbonyl (C=O) groups excluding carboxylic acids is 2. The zero-order valence-corrected chi connectivity index (χ0v) is 15.2. The molecule has 1 aliphatic rings. The number of amides is 3. The molecular weight excluding hydrogens is 366 g/mol. The van der Waals surface area contributed by atoms with Gasteiger partial charge in [0.2, 0.25) is 5.91 Å². The van der Waals surface area contributed by atoms with Gasteiger partial charge in [0.05, 0.1) is 18.6 Å². The maximum atomic E-state index is 12.3. The van der Waals surface area contributed by atoms with Crippen LogP contribution in [0.2, 0.25) is 0 Å². The molecule has 8 nitrogen and oxygen atoms in total. The molecule has 1 saturated heterocycles. The molecule has 3 heterocycles. The number of rotatable bonds is 6. The van der Waals surface area contributed by atoms with Crippen molar-refractivity contribution in [2.45, 2.75) is 11.7 Å². The van der Waals surface area contributed by atoms with Crippen molar-refractivity contribution in [3.63, 3.8) is 0 Å². The van der Waals surface area contributed by atoms with Gasteiger partial charge in [-0.1, -0.05) is 42.1 Å². The molecule has 3 amide bonds. The van der Waals surface area contributed by atoms with Gasteiger partial charge in [-0.25, -0.2) is 4.79 Å². The Hall–Kier alpha value is -3.07. The number of benzene rings is 1. The first kappa shape index (κ1) is 17.3. The van der Waals surface area contributed by atoms with E-state index in [1.165, 1.54) is 16.7 Å². The number of aromatic nitrogens is 3. The number of thioether (sulfide) groups is 1. The Morgan fingerprint density at radius 2 is 2.04 bits per heavy atom. The molecule has 0 spiro atoms. The predicted octanol–water partition coefficient (Wildman–Crippen LogP) is 2.23. The van der Waals surface area contributed by atoms with Gasteiger partial charge in [-0.15, -0.1) is 10.2 Å². The highest BCUT2D eigenvalue weighted by Gasteiger charge is 2.26. The van der Waals surface area contributed by atoms with E-state index in [-0.39, 0.29) is 17.7 Å². The lowest BCUT2D eigenvalue weighted by molar-refractivity contribution is -0.124. The fraction of sp³-hybridized carbons (Fsp3) is 0.222. The number of nitrogens with one attached hydrogen (secondary N) is 1. The third kappa shape index (κ3) is 3.72. The lowest BCUT2D eigenvalue weighted by Gasteiger charge is -2.12. The van der Waals surface area contributed by atoms with Gasteiger partial charge in [0.15, 0.2) is 11.0 Å². The van der Waals surface area contributed by atoms with E-state index in [1.807, 2.05) is 47.0 Å². The Balaban J connectivity index is 1.57. The highest BCUT2D eigenvalue weighted by molar-refractivity contribution is 7.99. The maximum Gasteiger partial charge on any atom is 0.324 e. The summed E-state index contributed by atoms with van der Waals surface area (Å²) >= 11 is 1.26. The zero-order valence-electron chi connectivity index (χ0n) is 14.4. The van der Waals surface area contributed by atoms with Gasteiger partial charge in [-0.2, -0.15) is 0 Å². The summed E-state index contributed by atoms with van der Waals surface area (Å²) in [6.07, 6.45) is 1.62. The van der Waals surface area contributed by atoms with Crippen LogP contribution in [0.25, 0.3) is 11.4 Å². The van der Waals surface area contributed by atoms with Crippen LogP contribution in [-0.4, -0.2) is 50.4 Å². The minimum Gasteiger partial charge on any atom is -0.467 e. The molecular formula is C18H17N5O3S. The molecule has 0 aliphatic carbocycles. The predicted molar refractivity (Wildman–Crippen MR) is 99.1 cm³/mol. The highest BCUT2D eigenvalue weighted by Crippen LogP contribution is 2.25. The van der Waals surface area contributed by atoms with Gasteiger partial charge < -0.3 is 9.73 Å². The van der Waals surface area contributed by atoms with Crippen molar-refractivity contribution in [1.82, 2.24) is 25.0 Å². The van der Waals surface area contributed by atoms with E-state index >= 15 is 0 Å². The molecule has 3 aromatic rings. The van der Waals surface area contributed by atoms with Crippen LogP contribution >= 0.6 is 11.8 Å². The second kappa shape index (κ2) is 7.67. The van der Waals surface area contributed by atoms with Crippen LogP contribution in [0.15, 0.2) is 58.3 Å². The standard InChI is InChI=1S/C18H17N5O3S/c24-15(22-9-8-19-17(22)25)12-27-18-21-20-16(13-5-2-1-3-6-13)23(18)11-14-7-4-10-26-14/h1-7,10H,8-9,11-12H2,(H,19,25). The lowest BCUT2D eigenvalue weighted by Crippen LogP contribution is -2.35. The Morgan fingerprint density at radius 1 is 1.19 bits per heavy atom. The molecule has 1 aromatic carbocycles. The van der Waals surface area contributed by atoms with Crippen LogP contribution in [0.5, 0.6) is 0 Å². The monoisotopic (exact) mass is 383 g/mol. The normalized spacial score (nSPS) is 13.8. The second-order valence-electron chi connectivity index (χ2n) is 5.90. The number of hydrogen-bond donors (Lipinski definition) is 1. The Labute approximate surface area is 159 Å². The van der Waals surface area contributed by atoms with Gasteiger partial charge in [0.1, 0.15) is 5.76 Å². The molecule has 1 aliphatic heterocycles. The number of nitrogens with zero attached hydrogens (tertiary/aromatic N) is 4. The van der Waals surface area contributed by atoms with Crippen LogP contribution in [0.3, 0.4) is 0 Å². The summed E-state index contributed by atoms with van der Waals surface area (Å²) in [4.78, 5) is 25.2. The second-order valence-corrected chi connectivity index (χ2v) is 6.85. The number of imide groups is 1. The molecule has 0 radical (unpaired) electrons.